The summed E-state index contributed by atoms with van der Waals surface area (Å²) < 4.78 is 0. The number of nitrogens with zero attached hydrogens (tertiary/aromatic N) is 2. The monoisotopic (exact) mass is 230 g/mol. The number of nitrogens with one attached hydrogen (secondary N) is 2. The van der Waals surface area contributed by atoms with Gasteiger partial charge in [0.05, 0.1) is 6.61 Å². The fourth-order valence-electron chi connectivity index (χ4n) is 0.930. The first-order chi connectivity index (χ1) is 7.26. The van der Waals surface area contributed by atoms with Crippen LogP contribution in [0.4, 0.5) is 9.93 Å². The molecule has 1 rings (SSSR count). The molecule has 0 unspecified atom stereocenters. The van der Waals surface area contributed by atoms with Crippen LogP contribution in [0.15, 0.2) is 0 Å². The van der Waals surface area contributed by atoms with Crippen molar-refractivity contribution < 1.29 is 9.90 Å². The van der Waals surface area contributed by atoms with E-state index in [0.717, 1.165) is 17.8 Å². The quantitative estimate of drug-likeness (QED) is 0.691. The lowest BCUT2D eigenvalue weighted by Gasteiger charge is -2.01. The van der Waals surface area contributed by atoms with Crippen LogP contribution in [0, 0.1) is 0 Å². The second kappa shape index (κ2) is 6.31. The van der Waals surface area contributed by atoms with Crippen molar-refractivity contribution in [2.24, 2.45) is 0 Å². The number of urea groups is 1. The summed E-state index contributed by atoms with van der Waals surface area (Å²) in [5.41, 5.74) is 0. The maximum atomic E-state index is 11.1. The second-order valence-electron chi connectivity index (χ2n) is 2.86. The number of aliphatic hydroxyl groups is 1. The van der Waals surface area contributed by atoms with Crippen molar-refractivity contribution >= 4 is 22.5 Å². The van der Waals surface area contributed by atoms with Crippen LogP contribution in [0.25, 0.3) is 0 Å². The van der Waals surface area contributed by atoms with Gasteiger partial charge in [-0.05, 0) is 6.42 Å². The number of aliphatic hydroxyl groups excluding tert-OH is 1. The Kier molecular flexibility index (Phi) is 4.99. The second-order valence-corrected chi connectivity index (χ2v) is 3.92. The molecule has 0 spiro atoms. The van der Waals surface area contributed by atoms with Gasteiger partial charge in [0.1, 0.15) is 5.01 Å². The predicted octanol–water partition coefficient (Wildman–Crippen LogP) is 0.604. The molecular formula is C8H14N4O2S. The van der Waals surface area contributed by atoms with E-state index in [1.807, 2.05) is 0 Å². The Labute approximate surface area is 91.7 Å². The standard InChI is InChI=1S/C8H14N4O2S/c1-2-3-6-11-12-8(15-6)10-7(14)9-4-5-13/h13H,2-5H2,1H3,(H2,9,10,12,14). The van der Waals surface area contributed by atoms with E-state index in [1.165, 1.54) is 11.3 Å². The number of amides is 2. The Balaban J connectivity index is 2.39. The van der Waals surface area contributed by atoms with Gasteiger partial charge in [-0.2, -0.15) is 0 Å². The molecule has 0 aromatic carbocycles. The van der Waals surface area contributed by atoms with E-state index in [2.05, 4.69) is 27.8 Å². The van der Waals surface area contributed by atoms with E-state index < -0.39 is 0 Å². The molecule has 0 bridgehead atoms. The fourth-order valence-corrected chi connectivity index (χ4v) is 1.77. The highest BCUT2D eigenvalue weighted by Gasteiger charge is 2.06. The highest BCUT2D eigenvalue weighted by molar-refractivity contribution is 7.15. The zero-order chi connectivity index (χ0) is 11.1. The van der Waals surface area contributed by atoms with E-state index in [-0.39, 0.29) is 19.2 Å². The van der Waals surface area contributed by atoms with Crippen molar-refractivity contribution in [3.8, 4) is 0 Å². The SMILES string of the molecule is CCCc1nnc(NC(=O)NCCO)s1. The van der Waals surface area contributed by atoms with E-state index in [9.17, 15) is 4.79 Å². The summed E-state index contributed by atoms with van der Waals surface area (Å²) in [7, 11) is 0. The molecule has 84 valence electrons. The maximum Gasteiger partial charge on any atom is 0.321 e. The molecule has 0 aliphatic carbocycles. The lowest BCUT2D eigenvalue weighted by molar-refractivity contribution is 0.245. The molecule has 6 nitrogen and oxygen atoms in total. The van der Waals surface area contributed by atoms with Crippen molar-refractivity contribution in [2.75, 3.05) is 18.5 Å². The van der Waals surface area contributed by atoms with Crippen molar-refractivity contribution in [2.45, 2.75) is 19.8 Å². The summed E-state index contributed by atoms with van der Waals surface area (Å²) in [6, 6.07) is -0.372. The van der Waals surface area contributed by atoms with E-state index in [4.69, 9.17) is 5.11 Å². The molecule has 2 amide bonds. The first-order valence-electron chi connectivity index (χ1n) is 4.74. The third-order valence-electron chi connectivity index (χ3n) is 1.55. The van der Waals surface area contributed by atoms with Gasteiger partial charge in [-0.25, -0.2) is 4.79 Å². The van der Waals surface area contributed by atoms with Gasteiger partial charge in [0.15, 0.2) is 0 Å². The number of carbonyl (C=O) groups excluding carboxylic acids is 1. The Bertz CT molecular complexity index is 315. The number of rotatable bonds is 5. The molecule has 0 aliphatic heterocycles. The minimum absolute atomic E-state index is 0.0787. The van der Waals surface area contributed by atoms with Gasteiger partial charge in [0.25, 0.3) is 0 Å². The van der Waals surface area contributed by atoms with Crippen LogP contribution >= 0.6 is 11.3 Å². The minimum atomic E-state index is -0.372. The topological polar surface area (TPSA) is 87.1 Å². The van der Waals surface area contributed by atoms with Crippen LogP contribution < -0.4 is 10.6 Å². The van der Waals surface area contributed by atoms with Gasteiger partial charge in [0, 0.05) is 13.0 Å². The number of aromatic nitrogens is 2. The van der Waals surface area contributed by atoms with Gasteiger partial charge < -0.3 is 10.4 Å². The largest absolute Gasteiger partial charge is 0.395 e. The van der Waals surface area contributed by atoms with Crippen molar-refractivity contribution in [3.63, 3.8) is 0 Å². The molecule has 0 saturated heterocycles. The molecule has 0 saturated carbocycles. The zero-order valence-corrected chi connectivity index (χ0v) is 9.30. The lowest BCUT2D eigenvalue weighted by atomic mass is 10.4. The molecule has 1 aromatic rings. The van der Waals surface area contributed by atoms with Crippen LogP contribution in [0.3, 0.4) is 0 Å². The van der Waals surface area contributed by atoms with Gasteiger partial charge in [-0.1, -0.05) is 18.3 Å². The van der Waals surface area contributed by atoms with Gasteiger partial charge in [-0.15, -0.1) is 10.2 Å². The number of hydrogen-bond donors (Lipinski definition) is 3. The summed E-state index contributed by atoms with van der Waals surface area (Å²) in [6.07, 6.45) is 1.88. The Morgan fingerprint density at radius 1 is 1.53 bits per heavy atom. The molecule has 3 N–H and O–H groups in total. The highest BCUT2D eigenvalue weighted by atomic mass is 32.1. The van der Waals surface area contributed by atoms with Crippen molar-refractivity contribution in [1.82, 2.24) is 15.5 Å². The number of carbonyl (C=O) groups is 1. The van der Waals surface area contributed by atoms with Crippen molar-refractivity contribution in [1.29, 1.82) is 0 Å². The molecule has 0 fully saturated rings. The Morgan fingerprint density at radius 3 is 3.00 bits per heavy atom. The Morgan fingerprint density at radius 2 is 2.33 bits per heavy atom. The van der Waals surface area contributed by atoms with Gasteiger partial charge >= 0.3 is 6.03 Å². The average Bonchev–Trinajstić information content (AvgIpc) is 2.63. The molecule has 1 heterocycles. The Hall–Kier alpha value is -1.21. The van der Waals surface area contributed by atoms with Crippen LogP contribution in [0.5, 0.6) is 0 Å². The zero-order valence-electron chi connectivity index (χ0n) is 8.49. The predicted molar refractivity (Wildman–Crippen MR) is 58.0 cm³/mol. The first kappa shape index (κ1) is 11.9. The molecule has 0 atom stereocenters. The van der Waals surface area contributed by atoms with Crippen LogP contribution in [-0.2, 0) is 6.42 Å². The normalized spacial score (nSPS) is 10.0. The first-order valence-corrected chi connectivity index (χ1v) is 5.56. The lowest BCUT2D eigenvalue weighted by Crippen LogP contribution is -2.30. The summed E-state index contributed by atoms with van der Waals surface area (Å²) in [5, 5.41) is 22.6. The van der Waals surface area contributed by atoms with Crippen LogP contribution in [0.2, 0.25) is 0 Å². The fraction of sp³-hybridized carbons (Fsp3) is 0.625. The van der Waals surface area contributed by atoms with E-state index in [1.54, 1.807) is 0 Å². The summed E-state index contributed by atoms with van der Waals surface area (Å²) >= 11 is 1.36. The van der Waals surface area contributed by atoms with Crippen molar-refractivity contribution in [3.05, 3.63) is 5.01 Å². The average molecular weight is 230 g/mol. The van der Waals surface area contributed by atoms with Crippen LogP contribution in [0.1, 0.15) is 18.4 Å². The maximum absolute atomic E-state index is 11.1. The van der Waals surface area contributed by atoms with E-state index >= 15 is 0 Å². The van der Waals surface area contributed by atoms with Crippen LogP contribution in [-0.4, -0.2) is 34.5 Å². The highest BCUT2D eigenvalue weighted by Crippen LogP contribution is 2.15. The molecule has 7 heteroatoms. The molecule has 1 aromatic heterocycles. The molecule has 0 radical (unpaired) electrons. The number of aryl methyl sites for hydroxylation is 1. The number of anilines is 1. The third-order valence-corrected chi connectivity index (χ3v) is 2.45. The van der Waals surface area contributed by atoms with E-state index in [0.29, 0.717) is 5.13 Å². The minimum Gasteiger partial charge on any atom is -0.395 e. The van der Waals surface area contributed by atoms with Gasteiger partial charge in [0.2, 0.25) is 5.13 Å². The van der Waals surface area contributed by atoms with Gasteiger partial charge in [-0.3, -0.25) is 5.32 Å². The molecule has 0 aliphatic rings. The number of hydrogen-bond acceptors (Lipinski definition) is 5. The third kappa shape index (κ3) is 4.22. The molecule has 15 heavy (non-hydrogen) atoms. The smallest absolute Gasteiger partial charge is 0.321 e. The summed E-state index contributed by atoms with van der Waals surface area (Å²) in [5.74, 6) is 0. The summed E-state index contributed by atoms with van der Waals surface area (Å²) in [4.78, 5) is 11.1. The molecular weight excluding hydrogens is 216 g/mol. The summed E-state index contributed by atoms with van der Waals surface area (Å²) in [6.45, 7) is 2.21.